The van der Waals surface area contributed by atoms with Gasteiger partial charge in [-0.2, -0.15) is 0 Å². The Kier molecular flexibility index (Phi) is 11.4. The van der Waals surface area contributed by atoms with Gasteiger partial charge in [0.2, 0.25) is 5.91 Å². The smallest absolute Gasteiger partial charge is 0.243 e. The van der Waals surface area contributed by atoms with E-state index < -0.39 is 0 Å². The van der Waals surface area contributed by atoms with Crippen molar-refractivity contribution in [3.8, 4) is 0 Å². The van der Waals surface area contributed by atoms with Gasteiger partial charge in [-0.3, -0.25) is 9.69 Å². The summed E-state index contributed by atoms with van der Waals surface area (Å²) in [5, 5.41) is 3.32. The number of ether oxygens (including phenoxy) is 1. The zero-order valence-corrected chi connectivity index (χ0v) is 19.8. The second-order valence-electron chi connectivity index (χ2n) is 7.10. The number of hydrogen-bond donors (Lipinski definition) is 1. The number of hydrogen-bond acceptors (Lipinski definition) is 4. The molecule has 0 bridgehead atoms. The second kappa shape index (κ2) is 12.9. The predicted molar refractivity (Wildman–Crippen MR) is 124 cm³/mol. The first-order valence-electron chi connectivity index (χ1n) is 9.50. The van der Waals surface area contributed by atoms with Crippen LogP contribution in [0.4, 0.5) is 0 Å². The molecule has 0 saturated carbocycles. The summed E-state index contributed by atoms with van der Waals surface area (Å²) >= 11 is 0. The molecule has 0 radical (unpaired) electrons. The number of amides is 1. The summed E-state index contributed by atoms with van der Waals surface area (Å²) < 4.78 is 5.12. The number of likely N-dealkylation sites (N-methyl/N-ethyl adjacent to an activating group) is 1. The summed E-state index contributed by atoms with van der Waals surface area (Å²) in [5.41, 5.74) is 2.65. The maximum absolute atomic E-state index is 11.9. The molecular weight excluding hydrogens is 469 g/mol. The topological polar surface area (TPSA) is 60.4 Å². The molecule has 1 aromatic carbocycles. The van der Waals surface area contributed by atoms with Crippen molar-refractivity contribution in [2.24, 2.45) is 4.99 Å². The summed E-state index contributed by atoms with van der Waals surface area (Å²) in [4.78, 5) is 22.7. The molecule has 0 aromatic heterocycles. The number of carbonyl (C=O) groups excluding carboxylic acids is 1. The molecule has 1 N–H and O–H groups in total. The lowest BCUT2D eigenvalue weighted by Crippen LogP contribution is -2.52. The SMILES string of the molecule is COCCNC(=NCC(=O)N(C)C)N1CCN(Cc2cccc(C)c2)CC1.I. The predicted octanol–water partition coefficient (Wildman–Crippen LogP) is 1.41. The van der Waals surface area contributed by atoms with Crippen LogP contribution in [0.1, 0.15) is 11.1 Å². The van der Waals surface area contributed by atoms with E-state index in [1.54, 1.807) is 26.1 Å². The zero-order chi connectivity index (χ0) is 19.6. The Hall–Kier alpha value is -1.39. The molecule has 1 heterocycles. The van der Waals surface area contributed by atoms with Crippen molar-refractivity contribution in [1.29, 1.82) is 0 Å². The number of rotatable bonds is 7. The summed E-state index contributed by atoms with van der Waals surface area (Å²) in [6, 6.07) is 8.68. The first-order valence-corrected chi connectivity index (χ1v) is 9.50. The number of aryl methyl sites for hydroxylation is 1. The lowest BCUT2D eigenvalue weighted by atomic mass is 10.1. The molecule has 1 saturated heterocycles. The van der Waals surface area contributed by atoms with Crippen LogP contribution in [-0.4, -0.2) is 93.6 Å². The second-order valence-corrected chi connectivity index (χ2v) is 7.10. The van der Waals surface area contributed by atoms with Gasteiger partial charge in [-0.25, -0.2) is 4.99 Å². The van der Waals surface area contributed by atoms with Crippen LogP contribution in [0.3, 0.4) is 0 Å². The normalized spacial score (nSPS) is 15.1. The van der Waals surface area contributed by atoms with Crippen molar-refractivity contribution in [2.75, 3.05) is 67.1 Å². The minimum absolute atomic E-state index is 0. The van der Waals surface area contributed by atoms with Gasteiger partial charge >= 0.3 is 0 Å². The Morgan fingerprint density at radius 3 is 2.57 bits per heavy atom. The third-order valence-electron chi connectivity index (χ3n) is 4.61. The van der Waals surface area contributed by atoms with E-state index in [1.165, 1.54) is 11.1 Å². The highest BCUT2D eigenvalue weighted by Crippen LogP contribution is 2.10. The highest BCUT2D eigenvalue weighted by atomic mass is 127. The number of nitrogens with zero attached hydrogens (tertiary/aromatic N) is 4. The van der Waals surface area contributed by atoms with Crippen LogP contribution in [-0.2, 0) is 16.1 Å². The largest absolute Gasteiger partial charge is 0.383 e. The van der Waals surface area contributed by atoms with E-state index in [9.17, 15) is 4.79 Å². The van der Waals surface area contributed by atoms with Crippen molar-refractivity contribution in [3.05, 3.63) is 35.4 Å². The van der Waals surface area contributed by atoms with Crippen molar-refractivity contribution in [3.63, 3.8) is 0 Å². The minimum Gasteiger partial charge on any atom is -0.383 e. The highest BCUT2D eigenvalue weighted by Gasteiger charge is 2.20. The van der Waals surface area contributed by atoms with E-state index in [2.05, 4.69) is 51.3 Å². The van der Waals surface area contributed by atoms with Crippen LogP contribution in [0.25, 0.3) is 0 Å². The van der Waals surface area contributed by atoms with Crippen LogP contribution in [0.2, 0.25) is 0 Å². The third-order valence-corrected chi connectivity index (χ3v) is 4.61. The van der Waals surface area contributed by atoms with Gasteiger partial charge in [-0.15, -0.1) is 24.0 Å². The number of benzene rings is 1. The molecule has 2 rings (SSSR count). The van der Waals surface area contributed by atoms with Crippen molar-refractivity contribution in [2.45, 2.75) is 13.5 Å². The van der Waals surface area contributed by atoms with Crippen LogP contribution >= 0.6 is 24.0 Å². The van der Waals surface area contributed by atoms with E-state index in [-0.39, 0.29) is 36.4 Å². The summed E-state index contributed by atoms with van der Waals surface area (Å²) in [5.74, 6) is 0.789. The average molecular weight is 503 g/mol. The van der Waals surface area contributed by atoms with Gasteiger partial charge in [-0.1, -0.05) is 29.8 Å². The first kappa shape index (κ1) is 24.6. The molecule has 158 valence electrons. The summed E-state index contributed by atoms with van der Waals surface area (Å²) in [7, 11) is 5.18. The molecule has 28 heavy (non-hydrogen) atoms. The number of aliphatic imine (C=N–C) groups is 1. The molecule has 0 aliphatic carbocycles. The summed E-state index contributed by atoms with van der Waals surface area (Å²) in [6.45, 7) is 8.26. The Morgan fingerprint density at radius 2 is 1.96 bits per heavy atom. The van der Waals surface area contributed by atoms with Gasteiger partial charge in [0, 0.05) is 60.5 Å². The number of guanidine groups is 1. The van der Waals surface area contributed by atoms with Gasteiger partial charge in [-0.05, 0) is 12.5 Å². The number of nitrogens with one attached hydrogen (secondary N) is 1. The van der Waals surface area contributed by atoms with Crippen LogP contribution in [0.5, 0.6) is 0 Å². The van der Waals surface area contributed by atoms with E-state index in [0.717, 1.165) is 38.7 Å². The fourth-order valence-corrected chi connectivity index (χ4v) is 3.00. The molecule has 0 atom stereocenters. The molecule has 1 fully saturated rings. The molecule has 7 nitrogen and oxygen atoms in total. The molecule has 0 spiro atoms. The van der Waals surface area contributed by atoms with Crippen molar-refractivity contribution >= 4 is 35.8 Å². The zero-order valence-electron chi connectivity index (χ0n) is 17.5. The number of halogens is 1. The lowest BCUT2D eigenvalue weighted by Gasteiger charge is -2.36. The Morgan fingerprint density at radius 1 is 1.25 bits per heavy atom. The molecule has 1 aliphatic rings. The molecule has 1 aromatic rings. The van der Waals surface area contributed by atoms with E-state index in [0.29, 0.717) is 13.2 Å². The Balaban J connectivity index is 0.00000392. The van der Waals surface area contributed by atoms with Gasteiger partial charge in [0.15, 0.2) is 5.96 Å². The molecular formula is C20H34IN5O2. The van der Waals surface area contributed by atoms with E-state index in [1.807, 2.05) is 0 Å². The van der Waals surface area contributed by atoms with Crippen molar-refractivity contribution < 1.29 is 9.53 Å². The fraction of sp³-hybridized carbons (Fsp3) is 0.600. The standard InChI is InChI=1S/C20H33N5O2.HI/c1-17-6-5-7-18(14-17)16-24-9-11-25(12-10-24)20(21-8-13-27-4)22-15-19(26)23(2)3;/h5-7,14H,8-13,15-16H2,1-4H3,(H,21,22);1H. The number of carbonyl (C=O) groups is 1. The maximum Gasteiger partial charge on any atom is 0.243 e. The molecule has 8 heteroatoms. The first-order chi connectivity index (χ1) is 13.0. The van der Waals surface area contributed by atoms with Gasteiger partial charge in [0.05, 0.1) is 6.61 Å². The maximum atomic E-state index is 11.9. The van der Waals surface area contributed by atoms with Gasteiger partial charge in [0.25, 0.3) is 0 Å². The van der Waals surface area contributed by atoms with Crippen LogP contribution in [0.15, 0.2) is 29.3 Å². The molecule has 1 aliphatic heterocycles. The average Bonchev–Trinajstić information content (AvgIpc) is 2.65. The van der Waals surface area contributed by atoms with E-state index in [4.69, 9.17) is 4.74 Å². The van der Waals surface area contributed by atoms with Crippen LogP contribution in [0, 0.1) is 6.92 Å². The fourth-order valence-electron chi connectivity index (χ4n) is 3.00. The third kappa shape index (κ3) is 8.32. The summed E-state index contributed by atoms with van der Waals surface area (Å²) in [6.07, 6.45) is 0. The Labute approximate surface area is 186 Å². The number of piperazine rings is 1. The van der Waals surface area contributed by atoms with Crippen LogP contribution < -0.4 is 5.32 Å². The lowest BCUT2D eigenvalue weighted by molar-refractivity contribution is -0.127. The molecule has 0 unspecified atom stereocenters. The molecule has 1 amide bonds. The van der Waals surface area contributed by atoms with Crippen molar-refractivity contribution in [1.82, 2.24) is 20.0 Å². The van der Waals surface area contributed by atoms with Gasteiger partial charge < -0.3 is 19.9 Å². The van der Waals surface area contributed by atoms with Gasteiger partial charge in [0.1, 0.15) is 6.54 Å². The minimum atomic E-state index is -0.000810. The monoisotopic (exact) mass is 503 g/mol. The Bertz CT molecular complexity index is 631. The highest BCUT2D eigenvalue weighted by molar-refractivity contribution is 14.0. The van der Waals surface area contributed by atoms with E-state index >= 15 is 0 Å². The number of methoxy groups -OCH3 is 1. The quantitative estimate of drug-likeness (QED) is 0.264.